The van der Waals surface area contributed by atoms with Crippen molar-refractivity contribution in [3.8, 4) is 0 Å². The number of hydrogen-bond donors (Lipinski definition) is 3. The second kappa shape index (κ2) is 7.60. The number of amides is 1. The molecule has 1 amide bonds. The smallest absolute Gasteiger partial charge is 0.255 e. The van der Waals surface area contributed by atoms with Gasteiger partial charge in [-0.2, -0.15) is 0 Å². The first kappa shape index (κ1) is 18.6. The molecule has 0 aromatic heterocycles. The lowest BCUT2D eigenvalue weighted by Crippen LogP contribution is -2.45. The molecular weight excluding hydrogens is 410 g/mol. The minimum absolute atomic E-state index is 0.150. The molecule has 0 fully saturated rings. The van der Waals surface area contributed by atoms with Crippen molar-refractivity contribution in [2.75, 3.05) is 5.32 Å². The zero-order chi connectivity index (χ0) is 18.8. The number of nitrogens with one attached hydrogen (secondary N) is 3. The van der Waals surface area contributed by atoms with Gasteiger partial charge in [-0.25, -0.2) is 0 Å². The molecule has 0 saturated heterocycles. The molecule has 1 aliphatic heterocycles. The Balaban J connectivity index is 1.95. The molecule has 6 heteroatoms. The molecule has 2 aromatic carbocycles. The fraction of sp³-hybridized carbons (Fsp3) is 0.200. The van der Waals surface area contributed by atoms with E-state index in [0.717, 1.165) is 32.5 Å². The van der Waals surface area contributed by atoms with Gasteiger partial charge in [-0.3, -0.25) is 4.79 Å². The SMILES string of the molecule is CC1=C(C(=O)Nc2cc(C)cc(C)c2)[C@H](c2ccc(Br)cc2)NC(=S)N1. The van der Waals surface area contributed by atoms with Gasteiger partial charge in [0.15, 0.2) is 5.11 Å². The topological polar surface area (TPSA) is 53.2 Å². The molecule has 0 bridgehead atoms. The fourth-order valence-corrected chi connectivity index (χ4v) is 3.68. The van der Waals surface area contributed by atoms with Crippen molar-refractivity contribution in [2.24, 2.45) is 0 Å². The average Bonchev–Trinajstić information content (AvgIpc) is 2.53. The summed E-state index contributed by atoms with van der Waals surface area (Å²) in [5, 5.41) is 9.80. The number of halogens is 1. The molecule has 0 spiro atoms. The quantitative estimate of drug-likeness (QED) is 0.628. The first-order valence-electron chi connectivity index (χ1n) is 8.27. The van der Waals surface area contributed by atoms with Gasteiger partial charge >= 0.3 is 0 Å². The highest BCUT2D eigenvalue weighted by molar-refractivity contribution is 9.10. The van der Waals surface area contributed by atoms with Crippen LogP contribution in [0, 0.1) is 13.8 Å². The lowest BCUT2D eigenvalue weighted by molar-refractivity contribution is -0.113. The number of thiocarbonyl (C=S) groups is 1. The van der Waals surface area contributed by atoms with E-state index in [-0.39, 0.29) is 11.9 Å². The number of hydrogen-bond acceptors (Lipinski definition) is 2. The largest absolute Gasteiger partial charge is 0.351 e. The van der Waals surface area contributed by atoms with Gasteiger partial charge in [-0.15, -0.1) is 0 Å². The molecule has 26 heavy (non-hydrogen) atoms. The fourth-order valence-electron chi connectivity index (χ4n) is 3.15. The molecule has 1 aliphatic rings. The first-order valence-corrected chi connectivity index (χ1v) is 9.47. The molecule has 3 rings (SSSR count). The van der Waals surface area contributed by atoms with Crippen LogP contribution in [-0.4, -0.2) is 11.0 Å². The van der Waals surface area contributed by atoms with Crippen molar-refractivity contribution < 1.29 is 4.79 Å². The van der Waals surface area contributed by atoms with Gasteiger partial charge in [0.1, 0.15) is 0 Å². The minimum Gasteiger partial charge on any atom is -0.351 e. The van der Waals surface area contributed by atoms with Gasteiger partial charge in [-0.05, 0) is 73.9 Å². The highest BCUT2D eigenvalue weighted by Gasteiger charge is 2.29. The molecule has 0 aliphatic carbocycles. The van der Waals surface area contributed by atoms with E-state index in [9.17, 15) is 4.79 Å². The predicted molar refractivity (Wildman–Crippen MR) is 113 cm³/mol. The zero-order valence-electron chi connectivity index (χ0n) is 14.8. The minimum atomic E-state index is -0.303. The molecule has 0 saturated carbocycles. The summed E-state index contributed by atoms with van der Waals surface area (Å²) < 4.78 is 0.986. The summed E-state index contributed by atoms with van der Waals surface area (Å²) in [4.78, 5) is 13.1. The van der Waals surface area contributed by atoms with E-state index in [4.69, 9.17) is 12.2 Å². The number of benzene rings is 2. The number of carbonyl (C=O) groups excluding carboxylic acids is 1. The summed E-state index contributed by atoms with van der Waals surface area (Å²) in [7, 11) is 0. The van der Waals surface area contributed by atoms with Crippen LogP contribution in [0.25, 0.3) is 0 Å². The second-order valence-electron chi connectivity index (χ2n) is 6.45. The Bertz CT molecular complexity index is 886. The molecule has 4 nitrogen and oxygen atoms in total. The van der Waals surface area contributed by atoms with Crippen molar-refractivity contribution in [2.45, 2.75) is 26.8 Å². The normalized spacial score (nSPS) is 16.8. The molecule has 134 valence electrons. The molecule has 3 N–H and O–H groups in total. The Morgan fingerprint density at radius 2 is 1.69 bits per heavy atom. The van der Waals surface area contributed by atoms with Gasteiger partial charge in [-0.1, -0.05) is 34.1 Å². The van der Waals surface area contributed by atoms with Crippen LogP contribution in [0.5, 0.6) is 0 Å². The Labute approximate surface area is 167 Å². The third-order valence-electron chi connectivity index (χ3n) is 4.20. The number of rotatable bonds is 3. The maximum absolute atomic E-state index is 13.1. The average molecular weight is 430 g/mol. The lowest BCUT2D eigenvalue weighted by Gasteiger charge is -2.30. The number of allylic oxidation sites excluding steroid dienone is 1. The molecule has 1 heterocycles. The first-order chi connectivity index (χ1) is 12.3. The Kier molecular flexibility index (Phi) is 5.44. The Morgan fingerprint density at radius 3 is 2.31 bits per heavy atom. The van der Waals surface area contributed by atoms with E-state index in [1.807, 2.05) is 57.2 Å². The van der Waals surface area contributed by atoms with Gasteiger partial charge in [0, 0.05) is 15.9 Å². The van der Waals surface area contributed by atoms with Crippen molar-refractivity contribution in [3.05, 3.63) is 74.9 Å². The van der Waals surface area contributed by atoms with Crippen LogP contribution in [0.2, 0.25) is 0 Å². The van der Waals surface area contributed by atoms with E-state index >= 15 is 0 Å². The summed E-state index contributed by atoms with van der Waals surface area (Å²) in [6.45, 7) is 5.90. The van der Waals surface area contributed by atoms with Crippen LogP contribution in [0.4, 0.5) is 5.69 Å². The van der Waals surface area contributed by atoms with Crippen LogP contribution in [-0.2, 0) is 4.79 Å². The summed E-state index contributed by atoms with van der Waals surface area (Å²) in [5.41, 5.74) is 5.36. The van der Waals surface area contributed by atoms with E-state index in [2.05, 4.69) is 37.9 Å². The molecule has 2 aromatic rings. The third-order valence-corrected chi connectivity index (χ3v) is 4.95. The van der Waals surface area contributed by atoms with Crippen molar-refractivity contribution in [1.82, 2.24) is 10.6 Å². The maximum atomic E-state index is 13.1. The lowest BCUT2D eigenvalue weighted by atomic mass is 9.95. The van der Waals surface area contributed by atoms with Crippen LogP contribution < -0.4 is 16.0 Å². The molecule has 1 atom stereocenters. The highest BCUT2D eigenvalue weighted by atomic mass is 79.9. The third kappa shape index (κ3) is 4.14. The molecular formula is C20H20BrN3OS. The Hall–Kier alpha value is -2.18. The molecule has 0 unspecified atom stereocenters. The van der Waals surface area contributed by atoms with E-state index in [0.29, 0.717) is 10.7 Å². The summed E-state index contributed by atoms with van der Waals surface area (Å²) in [5.74, 6) is -0.150. The summed E-state index contributed by atoms with van der Waals surface area (Å²) in [6.07, 6.45) is 0. The van der Waals surface area contributed by atoms with Crippen LogP contribution in [0.15, 0.2) is 58.2 Å². The van der Waals surface area contributed by atoms with Gasteiger partial charge in [0.25, 0.3) is 5.91 Å². The second-order valence-corrected chi connectivity index (χ2v) is 7.78. The number of aryl methyl sites for hydroxylation is 2. The molecule has 0 radical (unpaired) electrons. The summed E-state index contributed by atoms with van der Waals surface area (Å²) >= 11 is 8.74. The number of anilines is 1. The highest BCUT2D eigenvalue weighted by Crippen LogP contribution is 2.29. The summed E-state index contributed by atoms with van der Waals surface area (Å²) in [6, 6.07) is 13.6. The van der Waals surface area contributed by atoms with Crippen LogP contribution in [0.1, 0.15) is 29.7 Å². The standard InChI is InChI=1S/C20H20BrN3OS/c1-11-8-12(2)10-16(9-11)23-19(25)17-13(3)22-20(26)24-18(17)14-4-6-15(21)7-5-14/h4-10,18H,1-3H3,(H,23,25)(H2,22,24,26)/t18-/m0/s1. The van der Waals surface area contributed by atoms with Crippen LogP contribution in [0.3, 0.4) is 0 Å². The monoisotopic (exact) mass is 429 g/mol. The van der Waals surface area contributed by atoms with Gasteiger partial charge in [0.05, 0.1) is 11.6 Å². The van der Waals surface area contributed by atoms with E-state index in [1.165, 1.54) is 0 Å². The zero-order valence-corrected chi connectivity index (χ0v) is 17.2. The van der Waals surface area contributed by atoms with Crippen molar-refractivity contribution >= 4 is 44.9 Å². The van der Waals surface area contributed by atoms with Crippen molar-refractivity contribution in [3.63, 3.8) is 0 Å². The Morgan fingerprint density at radius 1 is 1.08 bits per heavy atom. The maximum Gasteiger partial charge on any atom is 0.255 e. The number of carbonyl (C=O) groups is 1. The predicted octanol–water partition coefficient (Wildman–Crippen LogP) is 4.50. The van der Waals surface area contributed by atoms with Crippen molar-refractivity contribution in [1.29, 1.82) is 0 Å². The van der Waals surface area contributed by atoms with Gasteiger partial charge in [0.2, 0.25) is 0 Å². The van der Waals surface area contributed by atoms with E-state index < -0.39 is 0 Å². The van der Waals surface area contributed by atoms with Crippen LogP contribution >= 0.6 is 28.1 Å². The van der Waals surface area contributed by atoms with Gasteiger partial charge < -0.3 is 16.0 Å². The van der Waals surface area contributed by atoms with E-state index in [1.54, 1.807) is 0 Å².